The molecule has 0 saturated heterocycles. The third-order valence-electron chi connectivity index (χ3n) is 5.18. The van der Waals surface area contributed by atoms with Gasteiger partial charge in [-0.1, -0.05) is 24.3 Å². The molecule has 0 radical (unpaired) electrons. The summed E-state index contributed by atoms with van der Waals surface area (Å²) in [6, 6.07) is 14.4. The Morgan fingerprint density at radius 2 is 1.69 bits per heavy atom. The number of amides is 1. The van der Waals surface area contributed by atoms with Crippen molar-refractivity contribution in [2.24, 2.45) is 0 Å². The molecule has 0 aliphatic rings. The Hall–Kier alpha value is -2.92. The second kappa shape index (κ2) is 8.62. The van der Waals surface area contributed by atoms with E-state index >= 15 is 0 Å². The van der Waals surface area contributed by atoms with Crippen molar-refractivity contribution >= 4 is 5.91 Å². The third kappa shape index (κ3) is 4.74. The van der Waals surface area contributed by atoms with Gasteiger partial charge in [0.2, 0.25) is 0 Å². The highest BCUT2D eigenvalue weighted by atomic mass is 16.2. The number of likely N-dealkylation sites (N-methyl/N-ethyl adjacent to an activating group) is 1. The number of rotatable bonds is 6. The van der Waals surface area contributed by atoms with E-state index in [1.165, 1.54) is 11.1 Å². The predicted molar refractivity (Wildman–Crippen MR) is 119 cm³/mol. The minimum absolute atomic E-state index is 0.115. The van der Waals surface area contributed by atoms with Crippen molar-refractivity contribution < 1.29 is 4.79 Å². The first kappa shape index (κ1) is 20.8. The number of nitrogens with one attached hydrogen (secondary N) is 1. The lowest BCUT2D eigenvalue weighted by Gasteiger charge is -2.13. The largest absolute Gasteiger partial charge is 0.349 e. The quantitative estimate of drug-likeness (QED) is 0.690. The molecule has 3 rings (SSSR count). The van der Waals surface area contributed by atoms with Crippen molar-refractivity contribution in [1.82, 2.24) is 20.0 Å². The van der Waals surface area contributed by atoms with Gasteiger partial charge in [-0.25, -0.2) is 4.68 Å². The fourth-order valence-corrected chi connectivity index (χ4v) is 3.20. The lowest BCUT2D eigenvalue weighted by atomic mass is 10.0. The number of carbonyl (C=O) groups excluding carboxylic acids is 1. The van der Waals surface area contributed by atoms with Crippen LogP contribution in [0.15, 0.2) is 42.5 Å². The monoisotopic (exact) mass is 390 g/mol. The highest BCUT2D eigenvalue weighted by molar-refractivity contribution is 5.94. The van der Waals surface area contributed by atoms with E-state index in [9.17, 15) is 4.79 Å². The smallest absolute Gasteiger partial charge is 0.270 e. The maximum atomic E-state index is 13.0. The minimum Gasteiger partial charge on any atom is -0.349 e. The fourth-order valence-electron chi connectivity index (χ4n) is 3.20. The van der Waals surface area contributed by atoms with E-state index in [0.717, 1.165) is 34.6 Å². The second-order valence-corrected chi connectivity index (χ2v) is 7.97. The highest BCUT2D eigenvalue weighted by Crippen LogP contribution is 2.25. The molecule has 5 heteroatoms. The summed E-state index contributed by atoms with van der Waals surface area (Å²) in [7, 11) is 3.98. The lowest BCUT2D eigenvalue weighted by Crippen LogP contribution is -2.32. The summed E-state index contributed by atoms with van der Waals surface area (Å²) in [5.74, 6) is -0.115. The predicted octanol–water partition coefficient (Wildman–Crippen LogP) is 4.06. The van der Waals surface area contributed by atoms with E-state index in [-0.39, 0.29) is 5.91 Å². The first-order valence-electron chi connectivity index (χ1n) is 9.94. The SMILES string of the molecule is Cc1ccc(C)c(-n2nc(-c3ccc(C)c(C)c3)cc2C(=O)NCCN(C)C)c1. The van der Waals surface area contributed by atoms with Gasteiger partial charge in [0, 0.05) is 18.7 Å². The number of aryl methyl sites for hydroxylation is 4. The van der Waals surface area contributed by atoms with Crippen molar-refractivity contribution in [2.75, 3.05) is 27.2 Å². The number of nitrogens with zero attached hydrogens (tertiary/aromatic N) is 3. The average Bonchev–Trinajstić information content (AvgIpc) is 3.11. The van der Waals surface area contributed by atoms with E-state index in [2.05, 4.69) is 55.6 Å². The van der Waals surface area contributed by atoms with Crippen molar-refractivity contribution in [3.8, 4) is 16.9 Å². The second-order valence-electron chi connectivity index (χ2n) is 7.97. The molecule has 29 heavy (non-hydrogen) atoms. The number of benzene rings is 2. The maximum absolute atomic E-state index is 13.0. The molecule has 0 spiro atoms. The van der Waals surface area contributed by atoms with Gasteiger partial charge in [-0.2, -0.15) is 5.10 Å². The van der Waals surface area contributed by atoms with Crippen LogP contribution >= 0.6 is 0 Å². The Morgan fingerprint density at radius 1 is 0.966 bits per heavy atom. The molecule has 0 atom stereocenters. The summed E-state index contributed by atoms with van der Waals surface area (Å²) in [6.45, 7) is 9.65. The van der Waals surface area contributed by atoms with Crippen LogP contribution in [0.2, 0.25) is 0 Å². The molecule has 152 valence electrons. The Morgan fingerprint density at radius 3 is 2.38 bits per heavy atom. The molecule has 5 nitrogen and oxygen atoms in total. The molecule has 1 aromatic heterocycles. The Kier molecular flexibility index (Phi) is 6.18. The zero-order chi connectivity index (χ0) is 21.1. The number of carbonyl (C=O) groups is 1. The van der Waals surface area contributed by atoms with E-state index in [1.54, 1.807) is 4.68 Å². The molecule has 1 amide bonds. The van der Waals surface area contributed by atoms with Gasteiger partial charge in [-0.3, -0.25) is 4.79 Å². The van der Waals surface area contributed by atoms with Gasteiger partial charge in [0.05, 0.1) is 11.4 Å². The molecule has 0 fully saturated rings. The summed E-state index contributed by atoms with van der Waals surface area (Å²) in [4.78, 5) is 15.0. The summed E-state index contributed by atoms with van der Waals surface area (Å²) in [6.07, 6.45) is 0. The van der Waals surface area contributed by atoms with Crippen LogP contribution in [0.4, 0.5) is 0 Å². The van der Waals surface area contributed by atoms with Gasteiger partial charge in [0.15, 0.2) is 0 Å². The molecular weight excluding hydrogens is 360 g/mol. The van der Waals surface area contributed by atoms with Crippen LogP contribution in [0.5, 0.6) is 0 Å². The van der Waals surface area contributed by atoms with Crippen LogP contribution < -0.4 is 5.32 Å². The zero-order valence-corrected chi connectivity index (χ0v) is 18.2. The Balaban J connectivity index is 2.06. The molecule has 3 aromatic rings. The molecule has 0 bridgehead atoms. The van der Waals surface area contributed by atoms with Crippen LogP contribution in [0.1, 0.15) is 32.7 Å². The van der Waals surface area contributed by atoms with Crippen LogP contribution in [0, 0.1) is 27.7 Å². The van der Waals surface area contributed by atoms with Crippen LogP contribution in [-0.2, 0) is 0 Å². The molecular formula is C24H30N4O. The maximum Gasteiger partial charge on any atom is 0.270 e. The molecule has 0 saturated carbocycles. The summed E-state index contributed by atoms with van der Waals surface area (Å²) < 4.78 is 1.78. The minimum atomic E-state index is -0.115. The molecule has 0 aliphatic heterocycles. The first-order valence-corrected chi connectivity index (χ1v) is 9.94. The van der Waals surface area contributed by atoms with E-state index in [4.69, 9.17) is 5.10 Å². The van der Waals surface area contributed by atoms with Gasteiger partial charge >= 0.3 is 0 Å². The van der Waals surface area contributed by atoms with E-state index in [0.29, 0.717) is 12.2 Å². The van der Waals surface area contributed by atoms with Gasteiger partial charge in [0.25, 0.3) is 5.91 Å². The van der Waals surface area contributed by atoms with Crippen molar-refractivity contribution in [2.45, 2.75) is 27.7 Å². The summed E-state index contributed by atoms with van der Waals surface area (Å²) in [5.41, 5.74) is 7.94. The summed E-state index contributed by atoms with van der Waals surface area (Å²) >= 11 is 0. The van der Waals surface area contributed by atoms with Gasteiger partial charge < -0.3 is 10.2 Å². The number of hydrogen-bond donors (Lipinski definition) is 1. The normalized spacial score (nSPS) is 11.1. The van der Waals surface area contributed by atoms with Gasteiger partial charge in [-0.15, -0.1) is 0 Å². The van der Waals surface area contributed by atoms with Gasteiger partial charge in [-0.05, 0) is 82.2 Å². The van der Waals surface area contributed by atoms with Crippen LogP contribution in [0.3, 0.4) is 0 Å². The zero-order valence-electron chi connectivity index (χ0n) is 18.2. The Labute approximate surface area is 173 Å². The lowest BCUT2D eigenvalue weighted by molar-refractivity contribution is 0.0943. The number of hydrogen-bond acceptors (Lipinski definition) is 3. The molecule has 0 aliphatic carbocycles. The third-order valence-corrected chi connectivity index (χ3v) is 5.18. The van der Waals surface area contributed by atoms with E-state index < -0.39 is 0 Å². The molecule has 1 heterocycles. The number of aromatic nitrogens is 2. The van der Waals surface area contributed by atoms with E-state index in [1.807, 2.05) is 38.9 Å². The Bertz CT molecular complexity index is 1030. The summed E-state index contributed by atoms with van der Waals surface area (Å²) in [5, 5.41) is 7.85. The van der Waals surface area contributed by atoms with Crippen molar-refractivity contribution in [1.29, 1.82) is 0 Å². The topological polar surface area (TPSA) is 50.2 Å². The first-order chi connectivity index (χ1) is 13.8. The van der Waals surface area contributed by atoms with Crippen LogP contribution in [-0.4, -0.2) is 47.8 Å². The van der Waals surface area contributed by atoms with Crippen molar-refractivity contribution in [3.63, 3.8) is 0 Å². The standard InChI is InChI=1S/C24H30N4O/c1-16-7-8-18(3)22(13-16)28-23(24(29)25-11-12-27(5)6)15-21(26-28)20-10-9-17(2)19(4)14-20/h7-10,13-15H,11-12H2,1-6H3,(H,25,29). The highest BCUT2D eigenvalue weighted by Gasteiger charge is 2.19. The average molecular weight is 391 g/mol. The fraction of sp³-hybridized carbons (Fsp3) is 0.333. The molecule has 2 aromatic carbocycles. The van der Waals surface area contributed by atoms with Gasteiger partial charge in [0.1, 0.15) is 5.69 Å². The molecule has 1 N–H and O–H groups in total. The van der Waals surface area contributed by atoms with Crippen LogP contribution in [0.25, 0.3) is 16.9 Å². The van der Waals surface area contributed by atoms with Crippen molar-refractivity contribution in [3.05, 3.63) is 70.4 Å². The molecule has 0 unspecified atom stereocenters.